The van der Waals surface area contributed by atoms with Gasteiger partial charge in [-0.3, -0.25) is 0 Å². The lowest BCUT2D eigenvalue weighted by Gasteiger charge is -2.16. The molecule has 2 aromatic rings. The van der Waals surface area contributed by atoms with Crippen LogP contribution in [0.1, 0.15) is 31.0 Å². The van der Waals surface area contributed by atoms with Crippen molar-refractivity contribution in [1.82, 2.24) is 9.88 Å². The van der Waals surface area contributed by atoms with E-state index in [0.717, 1.165) is 29.1 Å². The Bertz CT molecular complexity index is 748. The molecule has 1 heterocycles. The number of nitrogens with two attached hydrogens (primary N) is 1. The number of nitrogen functional groups attached to an aromatic ring is 1. The van der Waals surface area contributed by atoms with E-state index in [9.17, 15) is 5.26 Å². The van der Waals surface area contributed by atoms with Crippen molar-refractivity contribution >= 4 is 5.82 Å². The zero-order chi connectivity index (χ0) is 17.7. The summed E-state index contributed by atoms with van der Waals surface area (Å²) >= 11 is 0. The maximum atomic E-state index is 9.51. The second-order valence-electron chi connectivity index (χ2n) is 6.27. The van der Waals surface area contributed by atoms with Crippen LogP contribution >= 0.6 is 0 Å². The Balaban J connectivity index is 2.50. The first-order chi connectivity index (χ1) is 11.4. The molecule has 0 unspecified atom stereocenters. The Hall–Kier alpha value is -2.58. The van der Waals surface area contributed by atoms with Gasteiger partial charge in [-0.2, -0.15) is 5.26 Å². The van der Waals surface area contributed by atoms with Crippen molar-refractivity contribution < 1.29 is 4.74 Å². The SMILES string of the molecule is CC(C)c1cc(-c2ccccc2OCCN(C)C)c(C#N)c(N)n1. The molecule has 5 heteroatoms. The lowest BCUT2D eigenvalue weighted by molar-refractivity contribution is 0.262. The number of hydrogen-bond acceptors (Lipinski definition) is 5. The lowest BCUT2D eigenvalue weighted by Crippen LogP contribution is -2.19. The average molecular weight is 324 g/mol. The maximum absolute atomic E-state index is 9.51. The number of likely N-dealkylation sites (N-methyl/N-ethyl adjacent to an activating group) is 1. The summed E-state index contributed by atoms with van der Waals surface area (Å²) in [4.78, 5) is 6.41. The normalized spacial score (nSPS) is 10.9. The molecule has 0 saturated carbocycles. The minimum Gasteiger partial charge on any atom is -0.492 e. The van der Waals surface area contributed by atoms with Gasteiger partial charge in [0.1, 0.15) is 29.8 Å². The van der Waals surface area contributed by atoms with Crippen LogP contribution in [0.4, 0.5) is 5.82 Å². The van der Waals surface area contributed by atoms with Crippen LogP contribution in [-0.4, -0.2) is 37.1 Å². The molecule has 24 heavy (non-hydrogen) atoms. The van der Waals surface area contributed by atoms with Crippen LogP contribution in [0.3, 0.4) is 0 Å². The van der Waals surface area contributed by atoms with Crippen LogP contribution in [0.2, 0.25) is 0 Å². The van der Waals surface area contributed by atoms with Crippen LogP contribution in [0.15, 0.2) is 30.3 Å². The summed E-state index contributed by atoms with van der Waals surface area (Å²) in [7, 11) is 4.00. The zero-order valence-corrected chi connectivity index (χ0v) is 14.7. The summed E-state index contributed by atoms with van der Waals surface area (Å²) in [6.07, 6.45) is 0. The summed E-state index contributed by atoms with van der Waals surface area (Å²) in [6, 6.07) is 11.8. The number of pyridine rings is 1. The second-order valence-corrected chi connectivity index (χ2v) is 6.27. The molecule has 1 aromatic heterocycles. The number of nitrogens with zero attached hydrogens (tertiary/aromatic N) is 3. The molecular formula is C19H24N4O. The number of ether oxygens (including phenoxy) is 1. The van der Waals surface area contributed by atoms with Crippen molar-refractivity contribution in [3.8, 4) is 22.9 Å². The van der Waals surface area contributed by atoms with Crippen molar-refractivity contribution in [3.63, 3.8) is 0 Å². The van der Waals surface area contributed by atoms with Gasteiger partial charge in [0.2, 0.25) is 0 Å². The molecule has 0 aliphatic rings. The fourth-order valence-corrected chi connectivity index (χ4v) is 2.36. The molecule has 0 aliphatic carbocycles. The van der Waals surface area contributed by atoms with E-state index in [1.807, 2.05) is 44.4 Å². The van der Waals surface area contributed by atoms with Crippen LogP contribution in [0.5, 0.6) is 5.75 Å². The molecule has 0 fully saturated rings. The van der Waals surface area contributed by atoms with Gasteiger partial charge in [-0.05, 0) is 32.1 Å². The van der Waals surface area contributed by atoms with Crippen LogP contribution < -0.4 is 10.5 Å². The molecule has 0 bridgehead atoms. The molecule has 0 spiro atoms. The van der Waals surface area contributed by atoms with E-state index in [1.165, 1.54) is 0 Å². The number of rotatable bonds is 6. The van der Waals surface area contributed by atoms with Gasteiger partial charge in [-0.25, -0.2) is 4.98 Å². The highest BCUT2D eigenvalue weighted by atomic mass is 16.5. The third-order valence-electron chi connectivity index (χ3n) is 3.74. The Morgan fingerprint density at radius 2 is 1.96 bits per heavy atom. The molecule has 2 N–H and O–H groups in total. The predicted molar refractivity (Wildman–Crippen MR) is 96.9 cm³/mol. The van der Waals surface area contributed by atoms with Crippen LogP contribution in [-0.2, 0) is 0 Å². The maximum Gasteiger partial charge on any atom is 0.142 e. The van der Waals surface area contributed by atoms with Gasteiger partial charge in [0, 0.05) is 23.4 Å². The third-order valence-corrected chi connectivity index (χ3v) is 3.74. The van der Waals surface area contributed by atoms with E-state index in [4.69, 9.17) is 10.5 Å². The summed E-state index contributed by atoms with van der Waals surface area (Å²) in [5.74, 6) is 1.23. The minimum atomic E-state index is 0.223. The predicted octanol–water partition coefficient (Wildman–Crippen LogP) is 3.27. The van der Waals surface area contributed by atoms with Gasteiger partial charge in [0.05, 0.1) is 0 Å². The summed E-state index contributed by atoms with van der Waals surface area (Å²) in [6.45, 7) is 5.49. The van der Waals surface area contributed by atoms with Crippen molar-refractivity contribution in [2.75, 3.05) is 33.0 Å². The van der Waals surface area contributed by atoms with Crippen molar-refractivity contribution in [1.29, 1.82) is 5.26 Å². The fourth-order valence-electron chi connectivity index (χ4n) is 2.36. The number of hydrogen-bond donors (Lipinski definition) is 1. The highest BCUT2D eigenvalue weighted by Crippen LogP contribution is 2.35. The largest absolute Gasteiger partial charge is 0.492 e. The Kier molecular flexibility index (Phi) is 5.78. The molecule has 2 rings (SSSR count). The van der Waals surface area contributed by atoms with Gasteiger partial charge >= 0.3 is 0 Å². The topological polar surface area (TPSA) is 75.2 Å². The zero-order valence-electron chi connectivity index (χ0n) is 14.7. The van der Waals surface area contributed by atoms with E-state index in [1.54, 1.807) is 0 Å². The first kappa shape index (κ1) is 17.8. The number of anilines is 1. The monoisotopic (exact) mass is 324 g/mol. The Morgan fingerprint density at radius 1 is 1.25 bits per heavy atom. The van der Waals surface area contributed by atoms with E-state index in [-0.39, 0.29) is 11.7 Å². The van der Waals surface area contributed by atoms with E-state index < -0.39 is 0 Å². The van der Waals surface area contributed by atoms with Gasteiger partial charge in [-0.15, -0.1) is 0 Å². The molecule has 0 atom stereocenters. The number of benzene rings is 1. The van der Waals surface area contributed by atoms with Crippen molar-refractivity contribution in [2.24, 2.45) is 0 Å². The third kappa shape index (κ3) is 4.03. The van der Waals surface area contributed by atoms with Gasteiger partial charge < -0.3 is 15.4 Å². The standard InChI is InChI=1S/C19H24N4O/c1-13(2)17-11-15(16(12-20)19(21)22-17)14-7-5-6-8-18(14)24-10-9-23(3)4/h5-8,11,13H,9-10H2,1-4H3,(H2,21,22). The molecular weight excluding hydrogens is 300 g/mol. The van der Waals surface area contributed by atoms with E-state index in [0.29, 0.717) is 12.2 Å². The van der Waals surface area contributed by atoms with Gasteiger partial charge in [0.25, 0.3) is 0 Å². The Labute approximate surface area is 143 Å². The first-order valence-corrected chi connectivity index (χ1v) is 8.01. The molecule has 0 radical (unpaired) electrons. The Morgan fingerprint density at radius 3 is 2.58 bits per heavy atom. The van der Waals surface area contributed by atoms with Crippen LogP contribution in [0, 0.1) is 11.3 Å². The molecule has 5 nitrogen and oxygen atoms in total. The smallest absolute Gasteiger partial charge is 0.142 e. The fraction of sp³-hybridized carbons (Fsp3) is 0.368. The van der Waals surface area contributed by atoms with Gasteiger partial charge in [0.15, 0.2) is 0 Å². The summed E-state index contributed by atoms with van der Waals surface area (Å²) in [5, 5.41) is 9.51. The molecule has 1 aromatic carbocycles. The molecule has 126 valence electrons. The molecule has 0 amide bonds. The molecule has 0 aliphatic heterocycles. The lowest BCUT2D eigenvalue weighted by atomic mass is 9.97. The first-order valence-electron chi connectivity index (χ1n) is 8.01. The van der Waals surface area contributed by atoms with Crippen molar-refractivity contribution in [2.45, 2.75) is 19.8 Å². The van der Waals surface area contributed by atoms with E-state index in [2.05, 4.69) is 29.8 Å². The molecule has 0 saturated heterocycles. The minimum absolute atomic E-state index is 0.223. The average Bonchev–Trinajstić information content (AvgIpc) is 2.54. The van der Waals surface area contributed by atoms with Crippen LogP contribution in [0.25, 0.3) is 11.1 Å². The second kappa shape index (κ2) is 7.80. The number of nitriles is 1. The number of aromatic nitrogens is 1. The van der Waals surface area contributed by atoms with Gasteiger partial charge in [-0.1, -0.05) is 32.0 Å². The summed E-state index contributed by atoms with van der Waals surface area (Å²) < 4.78 is 5.93. The highest BCUT2D eigenvalue weighted by Gasteiger charge is 2.16. The van der Waals surface area contributed by atoms with Crippen molar-refractivity contribution in [3.05, 3.63) is 41.6 Å². The summed E-state index contributed by atoms with van der Waals surface area (Å²) in [5.41, 5.74) is 8.91. The quantitative estimate of drug-likeness (QED) is 0.882. The number of para-hydroxylation sites is 1. The van der Waals surface area contributed by atoms with E-state index >= 15 is 0 Å². The highest BCUT2D eigenvalue weighted by molar-refractivity contribution is 5.79.